The molecule has 0 aliphatic heterocycles. The first-order valence-corrected chi connectivity index (χ1v) is 8.57. The van der Waals surface area contributed by atoms with Crippen molar-refractivity contribution < 1.29 is 14.2 Å². The normalized spacial score (nSPS) is 21.3. The molecule has 21 heavy (non-hydrogen) atoms. The molecule has 1 aromatic rings. The second-order valence-electron chi connectivity index (χ2n) is 5.20. The third kappa shape index (κ3) is 3.77. The van der Waals surface area contributed by atoms with Gasteiger partial charge in [0.25, 0.3) is 0 Å². The molecule has 2 rings (SSSR count). The van der Waals surface area contributed by atoms with Crippen molar-refractivity contribution in [3.63, 3.8) is 0 Å². The van der Waals surface area contributed by atoms with Gasteiger partial charge in [-0.2, -0.15) is 11.8 Å². The molecule has 118 valence electrons. The number of benzene rings is 1. The Morgan fingerprint density at radius 2 is 1.76 bits per heavy atom. The molecule has 5 heteroatoms. The van der Waals surface area contributed by atoms with Crippen LogP contribution < -0.4 is 19.5 Å². The maximum absolute atomic E-state index is 5.49. The average molecular weight is 311 g/mol. The van der Waals surface area contributed by atoms with Crippen LogP contribution in [0.2, 0.25) is 0 Å². The first-order valence-electron chi connectivity index (χ1n) is 7.28. The van der Waals surface area contributed by atoms with Gasteiger partial charge in [-0.3, -0.25) is 0 Å². The Morgan fingerprint density at radius 1 is 1.10 bits per heavy atom. The van der Waals surface area contributed by atoms with Crippen molar-refractivity contribution in [2.75, 3.05) is 27.6 Å². The van der Waals surface area contributed by atoms with E-state index in [0.717, 1.165) is 29.4 Å². The molecule has 0 radical (unpaired) electrons. The van der Waals surface area contributed by atoms with Crippen molar-refractivity contribution >= 4 is 11.8 Å². The Labute approximate surface area is 131 Å². The lowest BCUT2D eigenvalue weighted by Crippen LogP contribution is -2.33. The molecule has 0 heterocycles. The number of hydrogen-bond donors (Lipinski definition) is 1. The molecule has 0 saturated heterocycles. The summed E-state index contributed by atoms with van der Waals surface area (Å²) in [5, 5.41) is 4.37. The van der Waals surface area contributed by atoms with Crippen molar-refractivity contribution in [3.05, 3.63) is 17.7 Å². The molecule has 1 aliphatic carbocycles. The number of methoxy groups -OCH3 is 3. The van der Waals surface area contributed by atoms with Gasteiger partial charge in [0.15, 0.2) is 0 Å². The lowest BCUT2D eigenvalue weighted by molar-refractivity contribution is 0.364. The summed E-state index contributed by atoms with van der Waals surface area (Å²) in [6, 6.07) is 4.37. The molecular weight excluding hydrogens is 286 g/mol. The van der Waals surface area contributed by atoms with Crippen LogP contribution in [0.15, 0.2) is 12.1 Å². The van der Waals surface area contributed by atoms with Crippen molar-refractivity contribution in [2.45, 2.75) is 37.1 Å². The summed E-state index contributed by atoms with van der Waals surface area (Å²) in [6.45, 7) is 0.748. The van der Waals surface area contributed by atoms with Gasteiger partial charge in [0, 0.05) is 30.0 Å². The minimum absolute atomic E-state index is 0.566. The van der Waals surface area contributed by atoms with Gasteiger partial charge in [0.1, 0.15) is 17.2 Å². The van der Waals surface area contributed by atoms with E-state index in [1.165, 1.54) is 19.3 Å². The van der Waals surface area contributed by atoms with Crippen molar-refractivity contribution in [3.8, 4) is 17.2 Å². The lowest BCUT2D eigenvalue weighted by atomic mass is 10.1. The quantitative estimate of drug-likeness (QED) is 0.838. The first-order chi connectivity index (χ1) is 10.2. The SMILES string of the molecule is COc1cc(OC)c(CNC2CCCC2SC)c(OC)c1. The van der Waals surface area contributed by atoms with Crippen LogP contribution in [0.25, 0.3) is 0 Å². The predicted molar refractivity (Wildman–Crippen MR) is 87.9 cm³/mol. The average Bonchev–Trinajstić information content (AvgIpc) is 2.99. The number of rotatable bonds is 7. The van der Waals surface area contributed by atoms with Gasteiger partial charge in [0.2, 0.25) is 0 Å². The van der Waals surface area contributed by atoms with Crippen LogP contribution in [0.4, 0.5) is 0 Å². The van der Waals surface area contributed by atoms with E-state index >= 15 is 0 Å². The summed E-state index contributed by atoms with van der Waals surface area (Å²) in [4.78, 5) is 0. The molecular formula is C16H25NO3S. The van der Waals surface area contributed by atoms with Gasteiger partial charge >= 0.3 is 0 Å². The second kappa shape index (κ2) is 7.80. The second-order valence-corrected chi connectivity index (χ2v) is 6.28. The van der Waals surface area contributed by atoms with Gasteiger partial charge in [-0.25, -0.2) is 0 Å². The summed E-state index contributed by atoms with van der Waals surface area (Å²) in [5.41, 5.74) is 1.05. The number of nitrogens with one attached hydrogen (secondary N) is 1. The summed E-state index contributed by atoms with van der Waals surface area (Å²) in [5.74, 6) is 2.35. The van der Waals surface area contributed by atoms with Crippen molar-refractivity contribution in [1.82, 2.24) is 5.32 Å². The van der Waals surface area contributed by atoms with Gasteiger partial charge in [0.05, 0.1) is 26.9 Å². The Hall–Kier alpha value is -1.07. The maximum atomic E-state index is 5.49. The summed E-state index contributed by atoms with van der Waals surface area (Å²) in [7, 11) is 5.00. The number of hydrogen-bond acceptors (Lipinski definition) is 5. The third-order valence-electron chi connectivity index (χ3n) is 4.11. The predicted octanol–water partition coefficient (Wildman–Crippen LogP) is 3.09. The van der Waals surface area contributed by atoms with Crippen molar-refractivity contribution in [2.24, 2.45) is 0 Å². The molecule has 2 atom stereocenters. The van der Waals surface area contributed by atoms with Gasteiger partial charge in [-0.1, -0.05) is 6.42 Å². The van der Waals surface area contributed by atoms with Crippen LogP contribution in [0, 0.1) is 0 Å². The zero-order valence-corrected chi connectivity index (χ0v) is 14.1. The highest BCUT2D eigenvalue weighted by Gasteiger charge is 2.26. The molecule has 1 fully saturated rings. The zero-order chi connectivity index (χ0) is 15.2. The topological polar surface area (TPSA) is 39.7 Å². The fraction of sp³-hybridized carbons (Fsp3) is 0.625. The Kier molecular flexibility index (Phi) is 6.06. The summed E-state index contributed by atoms with van der Waals surface area (Å²) < 4.78 is 16.3. The molecule has 0 amide bonds. The monoisotopic (exact) mass is 311 g/mol. The highest BCUT2D eigenvalue weighted by Crippen LogP contribution is 2.35. The third-order valence-corrected chi connectivity index (χ3v) is 5.28. The number of ether oxygens (including phenoxy) is 3. The number of thioether (sulfide) groups is 1. The van der Waals surface area contributed by atoms with E-state index in [1.807, 2.05) is 23.9 Å². The molecule has 0 aromatic heterocycles. The molecule has 0 bridgehead atoms. The smallest absolute Gasteiger partial charge is 0.130 e. The molecule has 1 aromatic carbocycles. The standard InChI is InChI=1S/C16H25NO3S/c1-18-11-8-14(19-2)12(15(9-11)20-3)10-17-13-6-5-7-16(13)21-4/h8-9,13,16-17H,5-7,10H2,1-4H3. The molecule has 2 unspecified atom stereocenters. The maximum Gasteiger partial charge on any atom is 0.130 e. The van der Waals surface area contributed by atoms with Gasteiger partial charge in [-0.15, -0.1) is 0 Å². The van der Waals surface area contributed by atoms with E-state index in [2.05, 4.69) is 11.6 Å². The largest absolute Gasteiger partial charge is 0.496 e. The molecule has 1 aliphatic rings. The van der Waals surface area contributed by atoms with Gasteiger partial charge in [-0.05, 0) is 19.1 Å². The van der Waals surface area contributed by atoms with E-state index in [-0.39, 0.29) is 0 Å². The first kappa shape index (κ1) is 16.3. The van der Waals surface area contributed by atoms with E-state index in [4.69, 9.17) is 14.2 Å². The van der Waals surface area contributed by atoms with Crippen molar-refractivity contribution in [1.29, 1.82) is 0 Å². The Bertz CT molecular complexity index is 442. The minimum atomic E-state index is 0.566. The highest BCUT2D eigenvalue weighted by molar-refractivity contribution is 7.99. The Balaban J connectivity index is 2.14. The van der Waals surface area contributed by atoms with Crippen LogP contribution in [0.3, 0.4) is 0 Å². The van der Waals surface area contributed by atoms with Gasteiger partial charge < -0.3 is 19.5 Å². The van der Waals surface area contributed by atoms with Crippen LogP contribution >= 0.6 is 11.8 Å². The van der Waals surface area contributed by atoms with E-state index < -0.39 is 0 Å². The zero-order valence-electron chi connectivity index (χ0n) is 13.3. The van der Waals surface area contributed by atoms with Crippen LogP contribution in [0.5, 0.6) is 17.2 Å². The van der Waals surface area contributed by atoms with Crippen LogP contribution in [-0.2, 0) is 6.54 Å². The van der Waals surface area contributed by atoms with Crippen LogP contribution in [-0.4, -0.2) is 38.9 Å². The highest BCUT2D eigenvalue weighted by atomic mass is 32.2. The molecule has 0 spiro atoms. The van der Waals surface area contributed by atoms with Crippen LogP contribution in [0.1, 0.15) is 24.8 Å². The Morgan fingerprint density at radius 3 is 2.29 bits per heavy atom. The minimum Gasteiger partial charge on any atom is -0.496 e. The summed E-state index contributed by atoms with van der Waals surface area (Å²) >= 11 is 1.96. The molecule has 1 saturated carbocycles. The fourth-order valence-corrected chi connectivity index (χ4v) is 3.89. The molecule has 4 nitrogen and oxygen atoms in total. The lowest BCUT2D eigenvalue weighted by Gasteiger charge is -2.21. The van der Waals surface area contributed by atoms with E-state index in [0.29, 0.717) is 11.3 Å². The summed E-state index contributed by atoms with van der Waals surface area (Å²) in [6.07, 6.45) is 6.04. The van der Waals surface area contributed by atoms with E-state index in [1.54, 1.807) is 21.3 Å². The fourth-order valence-electron chi connectivity index (χ4n) is 2.93. The van der Waals surface area contributed by atoms with E-state index in [9.17, 15) is 0 Å². The molecule has 1 N–H and O–H groups in total.